The fourth-order valence-corrected chi connectivity index (χ4v) is 3.25. The number of nitrogens with zero attached hydrogens (tertiary/aromatic N) is 1. The zero-order valence-electron chi connectivity index (χ0n) is 8.55. The van der Waals surface area contributed by atoms with Crippen LogP contribution in [0.3, 0.4) is 0 Å². The Morgan fingerprint density at radius 1 is 1.36 bits per heavy atom. The van der Waals surface area contributed by atoms with Crippen molar-refractivity contribution >= 4 is 16.5 Å². The molecule has 0 bridgehead atoms. The molecule has 1 N–H and O–H groups in total. The fraction of sp³-hybridized carbons (Fsp3) is 0.727. The maximum atomic E-state index is 4.67. The lowest BCUT2D eigenvalue weighted by atomic mass is 9.93. The van der Waals surface area contributed by atoms with E-state index in [4.69, 9.17) is 0 Å². The Bertz CT molecular complexity index is 341. The molecule has 0 aromatic carbocycles. The molecule has 1 heterocycles. The maximum absolute atomic E-state index is 4.67. The first-order chi connectivity index (χ1) is 6.81. The van der Waals surface area contributed by atoms with Crippen LogP contribution in [0.2, 0.25) is 0 Å². The van der Waals surface area contributed by atoms with E-state index in [1.165, 1.54) is 47.8 Å². The number of aromatic nitrogens is 1. The highest BCUT2D eigenvalue weighted by molar-refractivity contribution is 7.15. The number of fused-ring (bicyclic) bond motifs is 1. The van der Waals surface area contributed by atoms with Gasteiger partial charge in [0.25, 0.3) is 0 Å². The van der Waals surface area contributed by atoms with E-state index in [1.807, 2.05) is 11.3 Å². The molecule has 14 heavy (non-hydrogen) atoms. The molecule has 76 valence electrons. The van der Waals surface area contributed by atoms with E-state index < -0.39 is 0 Å². The van der Waals surface area contributed by atoms with Crippen molar-refractivity contribution in [2.75, 3.05) is 5.32 Å². The maximum Gasteiger partial charge on any atom is 0.183 e. The molecule has 1 aromatic rings. The van der Waals surface area contributed by atoms with E-state index in [0.717, 1.165) is 12.0 Å². The first-order valence-corrected chi connectivity index (χ1v) is 6.38. The first kappa shape index (κ1) is 8.72. The van der Waals surface area contributed by atoms with Crippen molar-refractivity contribution in [1.29, 1.82) is 0 Å². The predicted octanol–water partition coefficient (Wildman–Crippen LogP) is 2.84. The van der Waals surface area contributed by atoms with Gasteiger partial charge >= 0.3 is 0 Å². The van der Waals surface area contributed by atoms with Crippen LogP contribution in [0.5, 0.6) is 0 Å². The zero-order valence-corrected chi connectivity index (χ0v) is 9.36. The number of aryl methyl sites for hydroxylation is 1. The Kier molecular flexibility index (Phi) is 2.01. The van der Waals surface area contributed by atoms with Crippen LogP contribution in [0, 0.1) is 5.92 Å². The summed E-state index contributed by atoms with van der Waals surface area (Å²) in [6, 6.07) is 0.736. The summed E-state index contributed by atoms with van der Waals surface area (Å²) in [6.45, 7) is 2.34. The number of rotatable bonds is 2. The normalized spacial score (nSPS) is 25.9. The minimum absolute atomic E-state index is 0.736. The van der Waals surface area contributed by atoms with E-state index in [0.29, 0.717) is 0 Å². The molecule has 0 amide bonds. The highest BCUT2D eigenvalue weighted by atomic mass is 32.1. The second-order valence-corrected chi connectivity index (χ2v) is 5.74. The number of nitrogens with one attached hydrogen (secondary N) is 1. The minimum atomic E-state index is 0.736. The van der Waals surface area contributed by atoms with Gasteiger partial charge in [-0.3, -0.25) is 0 Å². The fourth-order valence-electron chi connectivity index (χ4n) is 2.00. The van der Waals surface area contributed by atoms with Gasteiger partial charge in [-0.25, -0.2) is 4.98 Å². The van der Waals surface area contributed by atoms with Gasteiger partial charge in [0.1, 0.15) is 0 Å². The third kappa shape index (κ3) is 1.65. The molecule has 1 saturated carbocycles. The Labute approximate surface area is 88.7 Å². The van der Waals surface area contributed by atoms with Crippen molar-refractivity contribution in [3.05, 3.63) is 10.6 Å². The van der Waals surface area contributed by atoms with Gasteiger partial charge in [0, 0.05) is 10.9 Å². The standard InChI is InChI=1S/C11H16N2S/c1-7-2-5-9-10(6-7)14-11(13-9)12-8-3-4-8/h7-8H,2-6H2,1H3,(H,12,13). The Hall–Kier alpha value is -0.570. The summed E-state index contributed by atoms with van der Waals surface area (Å²) in [7, 11) is 0. The summed E-state index contributed by atoms with van der Waals surface area (Å²) in [5.74, 6) is 0.858. The quantitative estimate of drug-likeness (QED) is 0.808. The molecule has 0 saturated heterocycles. The minimum Gasteiger partial charge on any atom is -0.359 e. The number of hydrogen-bond acceptors (Lipinski definition) is 3. The average Bonchev–Trinajstić information content (AvgIpc) is 2.84. The molecule has 2 nitrogen and oxygen atoms in total. The van der Waals surface area contributed by atoms with E-state index in [1.54, 1.807) is 0 Å². The predicted molar refractivity (Wildman–Crippen MR) is 59.9 cm³/mol. The van der Waals surface area contributed by atoms with Crippen molar-refractivity contribution < 1.29 is 0 Å². The Morgan fingerprint density at radius 2 is 2.21 bits per heavy atom. The molecule has 3 heteroatoms. The van der Waals surface area contributed by atoms with Crippen molar-refractivity contribution in [3.63, 3.8) is 0 Å². The molecule has 2 aliphatic carbocycles. The van der Waals surface area contributed by atoms with E-state index in [9.17, 15) is 0 Å². The van der Waals surface area contributed by atoms with E-state index in [2.05, 4.69) is 17.2 Å². The Balaban J connectivity index is 1.80. The van der Waals surface area contributed by atoms with Crippen LogP contribution in [-0.4, -0.2) is 11.0 Å². The van der Waals surface area contributed by atoms with Gasteiger partial charge in [0.15, 0.2) is 5.13 Å². The molecule has 1 unspecified atom stereocenters. The molecular weight excluding hydrogens is 192 g/mol. The summed E-state index contributed by atoms with van der Waals surface area (Å²) in [6.07, 6.45) is 6.43. The van der Waals surface area contributed by atoms with Crippen LogP contribution < -0.4 is 5.32 Å². The van der Waals surface area contributed by atoms with Crippen molar-refractivity contribution in [1.82, 2.24) is 4.98 Å². The molecule has 1 aromatic heterocycles. The lowest BCUT2D eigenvalue weighted by Gasteiger charge is -2.15. The van der Waals surface area contributed by atoms with Gasteiger partial charge in [0.2, 0.25) is 0 Å². The smallest absolute Gasteiger partial charge is 0.183 e. The molecular formula is C11H16N2S. The van der Waals surface area contributed by atoms with Gasteiger partial charge < -0.3 is 5.32 Å². The molecule has 0 spiro atoms. The van der Waals surface area contributed by atoms with Crippen LogP contribution in [0.15, 0.2) is 0 Å². The van der Waals surface area contributed by atoms with Crippen LogP contribution in [0.1, 0.15) is 36.8 Å². The van der Waals surface area contributed by atoms with E-state index >= 15 is 0 Å². The van der Waals surface area contributed by atoms with E-state index in [-0.39, 0.29) is 0 Å². The topological polar surface area (TPSA) is 24.9 Å². The molecule has 0 aliphatic heterocycles. The molecule has 0 radical (unpaired) electrons. The number of anilines is 1. The van der Waals surface area contributed by atoms with Crippen LogP contribution in [0.25, 0.3) is 0 Å². The summed E-state index contributed by atoms with van der Waals surface area (Å²) in [5.41, 5.74) is 1.37. The van der Waals surface area contributed by atoms with Crippen LogP contribution in [0.4, 0.5) is 5.13 Å². The summed E-state index contributed by atoms with van der Waals surface area (Å²) < 4.78 is 0. The second kappa shape index (κ2) is 3.23. The second-order valence-electron chi connectivity index (χ2n) is 4.66. The zero-order chi connectivity index (χ0) is 9.54. The van der Waals surface area contributed by atoms with Gasteiger partial charge in [-0.15, -0.1) is 11.3 Å². The lowest BCUT2D eigenvalue weighted by Crippen LogP contribution is -2.09. The largest absolute Gasteiger partial charge is 0.359 e. The third-order valence-corrected chi connectivity index (χ3v) is 4.14. The third-order valence-electron chi connectivity index (χ3n) is 3.09. The van der Waals surface area contributed by atoms with Gasteiger partial charge in [-0.1, -0.05) is 6.92 Å². The first-order valence-electron chi connectivity index (χ1n) is 5.56. The molecule has 1 fully saturated rings. The SMILES string of the molecule is CC1CCc2nc(NC3CC3)sc2C1. The molecule has 3 rings (SSSR count). The van der Waals surface area contributed by atoms with Crippen molar-refractivity contribution in [3.8, 4) is 0 Å². The number of thiazole rings is 1. The molecule has 1 atom stereocenters. The lowest BCUT2D eigenvalue weighted by molar-refractivity contribution is 0.502. The van der Waals surface area contributed by atoms with Crippen molar-refractivity contribution in [2.24, 2.45) is 5.92 Å². The summed E-state index contributed by atoms with van der Waals surface area (Å²) in [4.78, 5) is 6.21. The van der Waals surface area contributed by atoms with Gasteiger partial charge in [0.05, 0.1) is 5.69 Å². The monoisotopic (exact) mass is 208 g/mol. The number of hydrogen-bond donors (Lipinski definition) is 1. The average molecular weight is 208 g/mol. The van der Waals surface area contributed by atoms with Gasteiger partial charge in [-0.2, -0.15) is 0 Å². The summed E-state index contributed by atoms with van der Waals surface area (Å²) in [5, 5.41) is 4.67. The summed E-state index contributed by atoms with van der Waals surface area (Å²) >= 11 is 1.89. The highest BCUT2D eigenvalue weighted by Crippen LogP contribution is 2.34. The highest BCUT2D eigenvalue weighted by Gasteiger charge is 2.24. The van der Waals surface area contributed by atoms with Crippen LogP contribution >= 0.6 is 11.3 Å². The Morgan fingerprint density at radius 3 is 3.00 bits per heavy atom. The van der Waals surface area contributed by atoms with Gasteiger partial charge in [-0.05, 0) is 38.0 Å². The molecule has 2 aliphatic rings. The van der Waals surface area contributed by atoms with Crippen LogP contribution in [-0.2, 0) is 12.8 Å². The van der Waals surface area contributed by atoms with Crippen molar-refractivity contribution in [2.45, 2.75) is 45.1 Å².